The number of ether oxygens (including phenoxy) is 2. The van der Waals surface area contributed by atoms with Crippen LogP contribution in [-0.4, -0.2) is 48.3 Å². The number of amides is 1. The number of nitrogens with zero attached hydrogens (tertiary/aromatic N) is 3. The lowest BCUT2D eigenvalue weighted by Gasteiger charge is -2.31. The van der Waals surface area contributed by atoms with Crippen LogP contribution in [0.15, 0.2) is 53.1 Å². The molecule has 0 spiro atoms. The predicted molar refractivity (Wildman–Crippen MR) is 112 cm³/mol. The molecule has 30 heavy (non-hydrogen) atoms. The number of benzene rings is 2. The highest BCUT2D eigenvalue weighted by Crippen LogP contribution is 2.29. The van der Waals surface area contributed by atoms with Crippen LogP contribution in [-0.2, 0) is 11.2 Å². The topological polar surface area (TPSA) is 77.7 Å². The zero-order chi connectivity index (χ0) is 20.9. The fraction of sp³-hybridized carbons (Fsp3) is 0.348. The number of hydrogen-bond acceptors (Lipinski definition) is 6. The SMILES string of the molecule is COc1cccc(-c2noc([C@H]3CCCN(C(=O)Cc4ccccc4OC)C3)n2)c1. The van der Waals surface area contributed by atoms with Crippen molar-refractivity contribution in [2.75, 3.05) is 27.3 Å². The van der Waals surface area contributed by atoms with Gasteiger partial charge in [-0.2, -0.15) is 4.98 Å². The molecule has 1 amide bonds. The largest absolute Gasteiger partial charge is 0.497 e. The quantitative estimate of drug-likeness (QED) is 0.620. The predicted octanol–water partition coefficient (Wildman–Crippen LogP) is 3.70. The molecule has 1 fully saturated rings. The Kier molecular flexibility index (Phi) is 5.97. The maximum atomic E-state index is 12.9. The van der Waals surface area contributed by atoms with Gasteiger partial charge in [-0.1, -0.05) is 35.5 Å². The molecule has 2 heterocycles. The van der Waals surface area contributed by atoms with Crippen LogP contribution < -0.4 is 9.47 Å². The monoisotopic (exact) mass is 407 g/mol. The minimum Gasteiger partial charge on any atom is -0.497 e. The molecule has 0 N–H and O–H groups in total. The number of piperidine rings is 1. The normalized spacial score (nSPS) is 16.3. The molecule has 7 nitrogen and oxygen atoms in total. The second kappa shape index (κ2) is 8.98. The molecule has 4 rings (SSSR count). The van der Waals surface area contributed by atoms with Gasteiger partial charge in [-0.3, -0.25) is 4.79 Å². The Hall–Kier alpha value is -3.35. The molecule has 0 bridgehead atoms. The number of likely N-dealkylation sites (tertiary alicyclic amines) is 1. The van der Waals surface area contributed by atoms with Crippen LogP contribution in [0.2, 0.25) is 0 Å². The molecule has 1 aliphatic rings. The van der Waals surface area contributed by atoms with Gasteiger partial charge in [0, 0.05) is 24.2 Å². The van der Waals surface area contributed by atoms with Crippen LogP contribution in [0, 0.1) is 0 Å². The highest BCUT2D eigenvalue weighted by molar-refractivity contribution is 5.79. The van der Waals surface area contributed by atoms with Crippen LogP contribution in [0.25, 0.3) is 11.4 Å². The second-order valence-corrected chi connectivity index (χ2v) is 7.36. The Morgan fingerprint density at radius 2 is 2.03 bits per heavy atom. The Balaban J connectivity index is 1.45. The summed E-state index contributed by atoms with van der Waals surface area (Å²) in [5.41, 5.74) is 1.73. The molecule has 3 aromatic rings. The molecule has 1 atom stereocenters. The number of para-hydroxylation sites is 1. The maximum Gasteiger partial charge on any atom is 0.231 e. The van der Waals surface area contributed by atoms with Gasteiger partial charge in [-0.25, -0.2) is 0 Å². The Bertz CT molecular complexity index is 1020. The summed E-state index contributed by atoms with van der Waals surface area (Å²) in [5.74, 6) is 2.69. The van der Waals surface area contributed by atoms with Crippen molar-refractivity contribution in [3.05, 3.63) is 60.0 Å². The molecular weight excluding hydrogens is 382 g/mol. The van der Waals surface area contributed by atoms with E-state index in [0.29, 0.717) is 24.7 Å². The van der Waals surface area contributed by atoms with Crippen LogP contribution >= 0.6 is 0 Å². The first kappa shape index (κ1) is 19.9. The Labute approximate surface area is 175 Å². The van der Waals surface area contributed by atoms with E-state index in [1.807, 2.05) is 53.4 Å². The summed E-state index contributed by atoms with van der Waals surface area (Å²) in [7, 11) is 3.25. The lowest BCUT2D eigenvalue weighted by Crippen LogP contribution is -2.40. The molecule has 1 aliphatic heterocycles. The van der Waals surface area contributed by atoms with E-state index >= 15 is 0 Å². The fourth-order valence-electron chi connectivity index (χ4n) is 3.81. The van der Waals surface area contributed by atoms with E-state index in [-0.39, 0.29) is 11.8 Å². The van der Waals surface area contributed by atoms with Crippen LogP contribution in [0.1, 0.15) is 30.2 Å². The van der Waals surface area contributed by atoms with Gasteiger partial charge in [-0.05, 0) is 31.0 Å². The lowest BCUT2D eigenvalue weighted by molar-refractivity contribution is -0.131. The van der Waals surface area contributed by atoms with Crippen LogP contribution in [0.5, 0.6) is 11.5 Å². The Morgan fingerprint density at radius 1 is 1.17 bits per heavy atom. The zero-order valence-electron chi connectivity index (χ0n) is 17.2. The summed E-state index contributed by atoms with van der Waals surface area (Å²) in [4.78, 5) is 19.4. The van der Waals surface area contributed by atoms with E-state index in [4.69, 9.17) is 14.0 Å². The second-order valence-electron chi connectivity index (χ2n) is 7.36. The summed E-state index contributed by atoms with van der Waals surface area (Å²) in [6, 6.07) is 15.2. The zero-order valence-corrected chi connectivity index (χ0v) is 17.2. The van der Waals surface area contributed by atoms with Crippen molar-refractivity contribution < 1.29 is 18.8 Å². The van der Waals surface area contributed by atoms with Crippen molar-refractivity contribution in [1.82, 2.24) is 15.0 Å². The molecule has 1 aromatic heterocycles. The number of rotatable bonds is 6. The van der Waals surface area contributed by atoms with Gasteiger partial charge in [-0.15, -0.1) is 0 Å². The first-order chi connectivity index (χ1) is 14.7. The molecule has 156 valence electrons. The number of carbonyl (C=O) groups is 1. The third-order valence-corrected chi connectivity index (χ3v) is 5.43. The van der Waals surface area contributed by atoms with E-state index < -0.39 is 0 Å². The molecule has 0 unspecified atom stereocenters. The summed E-state index contributed by atoms with van der Waals surface area (Å²) < 4.78 is 16.2. The van der Waals surface area contributed by atoms with Gasteiger partial charge in [0.2, 0.25) is 17.6 Å². The van der Waals surface area contributed by atoms with Crippen molar-refractivity contribution in [3.8, 4) is 22.9 Å². The van der Waals surface area contributed by atoms with Gasteiger partial charge >= 0.3 is 0 Å². The minimum absolute atomic E-state index is 0.0345. The van der Waals surface area contributed by atoms with Crippen molar-refractivity contribution in [2.24, 2.45) is 0 Å². The van der Waals surface area contributed by atoms with Crippen molar-refractivity contribution in [2.45, 2.75) is 25.2 Å². The highest BCUT2D eigenvalue weighted by atomic mass is 16.5. The molecule has 2 aromatic carbocycles. The third kappa shape index (κ3) is 4.30. The van der Waals surface area contributed by atoms with E-state index in [1.54, 1.807) is 14.2 Å². The lowest BCUT2D eigenvalue weighted by atomic mass is 9.97. The number of carbonyl (C=O) groups excluding carboxylic acids is 1. The third-order valence-electron chi connectivity index (χ3n) is 5.43. The van der Waals surface area contributed by atoms with Gasteiger partial charge < -0.3 is 18.9 Å². The Morgan fingerprint density at radius 3 is 2.87 bits per heavy atom. The number of aromatic nitrogens is 2. The van der Waals surface area contributed by atoms with Crippen LogP contribution in [0.4, 0.5) is 0 Å². The summed E-state index contributed by atoms with van der Waals surface area (Å²) in [6.07, 6.45) is 2.13. The summed E-state index contributed by atoms with van der Waals surface area (Å²) in [5, 5.41) is 4.14. The van der Waals surface area contributed by atoms with E-state index in [9.17, 15) is 4.79 Å². The van der Waals surface area contributed by atoms with Crippen molar-refractivity contribution in [3.63, 3.8) is 0 Å². The smallest absolute Gasteiger partial charge is 0.231 e. The van der Waals surface area contributed by atoms with Gasteiger partial charge in [0.25, 0.3) is 0 Å². The summed E-state index contributed by atoms with van der Waals surface area (Å²) in [6.45, 7) is 1.31. The molecule has 1 saturated heterocycles. The van der Waals surface area contributed by atoms with Gasteiger partial charge in [0.15, 0.2) is 0 Å². The molecule has 0 aliphatic carbocycles. The highest BCUT2D eigenvalue weighted by Gasteiger charge is 2.29. The van der Waals surface area contributed by atoms with Gasteiger partial charge in [0.05, 0.1) is 26.6 Å². The minimum atomic E-state index is 0.0345. The summed E-state index contributed by atoms with van der Waals surface area (Å²) >= 11 is 0. The van der Waals surface area contributed by atoms with Crippen molar-refractivity contribution in [1.29, 1.82) is 0 Å². The molecular formula is C23H25N3O4. The van der Waals surface area contributed by atoms with E-state index in [2.05, 4.69) is 10.1 Å². The average Bonchev–Trinajstić information content (AvgIpc) is 3.30. The van der Waals surface area contributed by atoms with Gasteiger partial charge in [0.1, 0.15) is 11.5 Å². The standard InChI is InChI=1S/C23H25N3O4/c1-28-19-10-5-8-17(13-19)22-24-23(30-25-22)18-9-6-12-26(15-18)21(27)14-16-7-3-4-11-20(16)29-2/h3-5,7-8,10-11,13,18H,6,9,12,14-15H2,1-2H3/t18-/m0/s1. The van der Waals surface area contributed by atoms with E-state index in [0.717, 1.165) is 42.0 Å². The first-order valence-corrected chi connectivity index (χ1v) is 10.1. The number of methoxy groups -OCH3 is 2. The molecule has 0 radical (unpaired) electrons. The fourth-order valence-corrected chi connectivity index (χ4v) is 3.81. The number of hydrogen-bond donors (Lipinski definition) is 0. The maximum absolute atomic E-state index is 12.9. The van der Waals surface area contributed by atoms with E-state index in [1.165, 1.54) is 0 Å². The molecule has 7 heteroatoms. The average molecular weight is 407 g/mol. The van der Waals surface area contributed by atoms with Crippen molar-refractivity contribution >= 4 is 5.91 Å². The molecule has 0 saturated carbocycles. The first-order valence-electron chi connectivity index (χ1n) is 10.1. The van der Waals surface area contributed by atoms with Crippen LogP contribution in [0.3, 0.4) is 0 Å².